The number of phenolic OH excluding ortho intramolecular Hbond substituents is 2. The van der Waals surface area contributed by atoms with Gasteiger partial charge < -0.3 is 34.9 Å². The van der Waals surface area contributed by atoms with Crippen LogP contribution in [0.4, 0.5) is 0 Å². The Balaban J connectivity index is 1.32. The topological polar surface area (TPSA) is 149 Å². The molecule has 4 aromatic rings. The molecule has 9 nitrogen and oxygen atoms in total. The number of rotatable bonds is 10. The number of nitrogens with one attached hydrogen (secondary N) is 1. The molecule has 0 radical (unpaired) electrons. The molecule has 48 heavy (non-hydrogen) atoms. The summed E-state index contributed by atoms with van der Waals surface area (Å²) in [4.78, 5) is 24.6. The Labute approximate surface area is 276 Å². The van der Waals surface area contributed by atoms with Gasteiger partial charge in [0.15, 0.2) is 5.43 Å². The molecule has 2 aliphatic rings. The predicted octanol–water partition coefficient (Wildman–Crippen LogP) is 7.08. The predicted molar refractivity (Wildman–Crippen MR) is 183 cm³/mol. The van der Waals surface area contributed by atoms with Gasteiger partial charge in [-0.15, -0.1) is 0 Å². The summed E-state index contributed by atoms with van der Waals surface area (Å²) in [6.07, 6.45) is 0.471. The molecular formula is C39H35NO8. The Kier molecular flexibility index (Phi) is 8.90. The van der Waals surface area contributed by atoms with Gasteiger partial charge in [-0.2, -0.15) is 0 Å². The number of fused-ring (bicyclic) bond motifs is 2. The summed E-state index contributed by atoms with van der Waals surface area (Å²) in [5.41, 5.74) is 5.61. The molecule has 9 heteroatoms. The van der Waals surface area contributed by atoms with Gasteiger partial charge in [0.1, 0.15) is 34.3 Å². The zero-order valence-corrected chi connectivity index (χ0v) is 26.7. The van der Waals surface area contributed by atoms with Crippen molar-refractivity contribution >= 4 is 16.9 Å². The Morgan fingerprint density at radius 3 is 2.29 bits per heavy atom. The molecule has 0 aromatic heterocycles. The van der Waals surface area contributed by atoms with Crippen molar-refractivity contribution in [1.82, 2.24) is 5.32 Å². The van der Waals surface area contributed by atoms with Gasteiger partial charge in [-0.25, -0.2) is 4.79 Å². The largest absolute Gasteiger partial charge is 0.508 e. The molecule has 6 rings (SSSR count). The molecule has 244 valence electrons. The van der Waals surface area contributed by atoms with Crippen molar-refractivity contribution in [2.45, 2.75) is 39.8 Å². The molecule has 0 spiro atoms. The fraction of sp³-hybridized carbons (Fsp3) is 0.179. The number of hydrogen-bond donors (Lipinski definition) is 5. The van der Waals surface area contributed by atoms with E-state index in [0.29, 0.717) is 56.7 Å². The van der Waals surface area contributed by atoms with Crippen LogP contribution < -0.4 is 15.5 Å². The minimum atomic E-state index is -1.10. The van der Waals surface area contributed by atoms with Gasteiger partial charge in [0, 0.05) is 35.2 Å². The summed E-state index contributed by atoms with van der Waals surface area (Å²) in [7, 11) is 0. The van der Waals surface area contributed by atoms with E-state index in [2.05, 4.69) is 5.32 Å². The monoisotopic (exact) mass is 645 g/mol. The fourth-order valence-electron chi connectivity index (χ4n) is 6.19. The lowest BCUT2D eigenvalue weighted by Gasteiger charge is -2.21. The summed E-state index contributed by atoms with van der Waals surface area (Å²) in [5.74, 6) is 0.643. The van der Waals surface area contributed by atoms with Crippen LogP contribution in [-0.4, -0.2) is 39.0 Å². The Bertz CT molecular complexity index is 2180. The van der Waals surface area contributed by atoms with Gasteiger partial charge in [0.2, 0.25) is 0 Å². The Morgan fingerprint density at radius 1 is 0.854 bits per heavy atom. The van der Waals surface area contributed by atoms with Crippen LogP contribution in [0.15, 0.2) is 94.1 Å². The van der Waals surface area contributed by atoms with E-state index in [4.69, 9.17) is 9.15 Å². The van der Waals surface area contributed by atoms with Crippen molar-refractivity contribution in [3.8, 4) is 45.4 Å². The van der Waals surface area contributed by atoms with Gasteiger partial charge in [-0.05, 0) is 104 Å². The zero-order valence-electron chi connectivity index (χ0n) is 26.7. The first-order valence-electron chi connectivity index (χ1n) is 15.5. The number of aryl methyl sites for hydroxylation is 3. The highest BCUT2D eigenvalue weighted by Crippen LogP contribution is 2.43. The summed E-state index contributed by atoms with van der Waals surface area (Å²) < 4.78 is 12.4. The number of aliphatic hydroxyl groups excluding tert-OH is 1. The SMILES string of the molecule is Cc1cc(Oc2c(C)cc(CC(CO)NCc3c(O)ccc4c(-c5ccccc5C(=O)O)c5ccc(=O)cc-5oc34)cc2C)ccc1O. The first kappa shape index (κ1) is 32.3. The normalized spacial score (nSPS) is 12.0. The maximum atomic E-state index is 12.3. The van der Waals surface area contributed by atoms with E-state index < -0.39 is 12.0 Å². The molecule has 1 aliphatic heterocycles. The number of carboxylic acid groups (broad SMARTS) is 1. The van der Waals surface area contributed by atoms with Crippen LogP contribution >= 0.6 is 0 Å². The van der Waals surface area contributed by atoms with Gasteiger partial charge in [-0.3, -0.25) is 4.79 Å². The second-order valence-corrected chi connectivity index (χ2v) is 12.0. The number of ether oxygens (including phenoxy) is 1. The second kappa shape index (κ2) is 13.2. The van der Waals surface area contributed by atoms with E-state index in [0.717, 1.165) is 16.7 Å². The molecule has 1 atom stereocenters. The standard InChI is InChI=1S/C39H35NO8/c1-21-16-27(9-12-33(21)43)47-37-22(2)14-24(15-23(37)3)17-25(20-41)40-19-32-34(44)13-11-31-36(28-6-4-5-7-29(28)39(45)46)30-10-8-26(42)18-35(30)48-38(31)32/h4-16,18,25,40-41,43-44H,17,19-20H2,1-3H3,(H,45,46). The smallest absolute Gasteiger partial charge is 0.336 e. The van der Waals surface area contributed by atoms with Crippen molar-refractivity contribution in [2.75, 3.05) is 6.61 Å². The van der Waals surface area contributed by atoms with E-state index in [9.17, 15) is 30.0 Å². The van der Waals surface area contributed by atoms with E-state index in [-0.39, 0.29) is 41.4 Å². The van der Waals surface area contributed by atoms with Gasteiger partial charge >= 0.3 is 5.97 Å². The first-order chi connectivity index (χ1) is 23.0. The highest BCUT2D eigenvalue weighted by Gasteiger charge is 2.24. The molecule has 0 saturated heterocycles. The van der Waals surface area contributed by atoms with Crippen molar-refractivity contribution in [3.63, 3.8) is 0 Å². The van der Waals surface area contributed by atoms with Crippen LogP contribution in [0.3, 0.4) is 0 Å². The van der Waals surface area contributed by atoms with E-state index in [1.165, 1.54) is 24.3 Å². The van der Waals surface area contributed by atoms with E-state index in [1.54, 1.807) is 55.5 Å². The van der Waals surface area contributed by atoms with Crippen molar-refractivity contribution < 1.29 is 34.4 Å². The summed E-state index contributed by atoms with van der Waals surface area (Å²) in [6, 6.07) is 22.9. The quantitative estimate of drug-likeness (QED) is 0.0985. The number of aliphatic hydroxyl groups is 1. The fourth-order valence-corrected chi connectivity index (χ4v) is 6.19. The van der Waals surface area contributed by atoms with Gasteiger partial charge in [0.25, 0.3) is 0 Å². The van der Waals surface area contributed by atoms with Crippen molar-refractivity contribution in [2.24, 2.45) is 0 Å². The lowest BCUT2D eigenvalue weighted by molar-refractivity contribution is 0.0697. The third-order valence-electron chi connectivity index (χ3n) is 8.54. The zero-order chi connectivity index (χ0) is 34.1. The summed E-state index contributed by atoms with van der Waals surface area (Å²) >= 11 is 0. The van der Waals surface area contributed by atoms with Crippen LogP contribution in [0.1, 0.15) is 38.2 Å². The van der Waals surface area contributed by atoms with Crippen LogP contribution in [-0.2, 0) is 13.0 Å². The molecular weight excluding hydrogens is 610 g/mol. The molecule has 0 fully saturated rings. The van der Waals surface area contributed by atoms with Crippen LogP contribution in [0.5, 0.6) is 23.0 Å². The minimum absolute atomic E-state index is 0.0526. The average molecular weight is 646 g/mol. The highest BCUT2D eigenvalue weighted by molar-refractivity contribution is 6.08. The number of benzene rings is 5. The molecule has 5 N–H and O–H groups in total. The maximum absolute atomic E-state index is 12.3. The van der Waals surface area contributed by atoms with Crippen molar-refractivity contribution in [3.05, 3.63) is 129 Å². The Morgan fingerprint density at radius 2 is 1.58 bits per heavy atom. The number of carboxylic acids is 1. The average Bonchev–Trinajstić information content (AvgIpc) is 3.05. The molecule has 1 unspecified atom stereocenters. The van der Waals surface area contributed by atoms with E-state index >= 15 is 0 Å². The maximum Gasteiger partial charge on any atom is 0.336 e. The first-order valence-corrected chi connectivity index (χ1v) is 15.5. The third-order valence-corrected chi connectivity index (χ3v) is 8.54. The van der Waals surface area contributed by atoms with Gasteiger partial charge in [0.05, 0.1) is 17.7 Å². The number of carbonyl (C=O) groups is 1. The molecule has 1 aliphatic carbocycles. The Hall–Kier alpha value is -5.64. The molecule has 0 bridgehead atoms. The molecule has 0 amide bonds. The number of phenols is 2. The number of aromatic carboxylic acids is 1. The third kappa shape index (κ3) is 6.33. The van der Waals surface area contributed by atoms with Crippen LogP contribution in [0.25, 0.3) is 33.4 Å². The molecule has 1 heterocycles. The minimum Gasteiger partial charge on any atom is -0.508 e. The number of hydrogen-bond acceptors (Lipinski definition) is 8. The van der Waals surface area contributed by atoms with Crippen LogP contribution in [0.2, 0.25) is 0 Å². The van der Waals surface area contributed by atoms with Crippen molar-refractivity contribution in [1.29, 1.82) is 0 Å². The number of aromatic hydroxyl groups is 2. The lowest BCUT2D eigenvalue weighted by Crippen LogP contribution is -2.34. The summed E-state index contributed by atoms with van der Waals surface area (Å²) in [6.45, 7) is 5.63. The van der Waals surface area contributed by atoms with Crippen LogP contribution in [0, 0.1) is 20.8 Å². The van der Waals surface area contributed by atoms with Gasteiger partial charge in [-0.1, -0.05) is 30.3 Å². The second-order valence-electron chi connectivity index (χ2n) is 12.0. The molecule has 0 saturated carbocycles. The lowest BCUT2D eigenvalue weighted by atomic mass is 9.90. The molecule has 4 aromatic carbocycles. The van der Waals surface area contributed by atoms with E-state index in [1.807, 2.05) is 26.0 Å². The summed E-state index contributed by atoms with van der Waals surface area (Å²) in [5, 5.41) is 45.1. The highest BCUT2D eigenvalue weighted by atomic mass is 16.5.